The summed E-state index contributed by atoms with van der Waals surface area (Å²) >= 11 is 0. The van der Waals surface area contributed by atoms with Gasteiger partial charge in [-0.2, -0.15) is 0 Å². The summed E-state index contributed by atoms with van der Waals surface area (Å²) in [6, 6.07) is 22.2. The molecule has 0 radical (unpaired) electrons. The second kappa shape index (κ2) is 6.03. The van der Waals surface area contributed by atoms with Crippen LogP contribution in [-0.2, 0) is 15.0 Å². The minimum Gasteiger partial charge on any atom is -0.733 e. The molecule has 0 spiro atoms. The van der Waals surface area contributed by atoms with Crippen molar-refractivity contribution in [2.24, 2.45) is 11.8 Å². The zero-order valence-corrected chi connectivity index (χ0v) is 16.7. The topological polar surface area (TPSA) is 83.9 Å². The summed E-state index contributed by atoms with van der Waals surface area (Å²) < 4.78 is 0. The lowest BCUT2D eigenvalue weighted by Gasteiger charge is -2.52. The van der Waals surface area contributed by atoms with Crippen LogP contribution in [0.5, 0.6) is 0 Å². The van der Waals surface area contributed by atoms with Crippen LogP contribution in [0.4, 0.5) is 11.4 Å². The number of benzene rings is 3. The summed E-state index contributed by atoms with van der Waals surface area (Å²) in [6.07, 6.45) is 0. The van der Waals surface area contributed by atoms with E-state index in [0.717, 1.165) is 27.2 Å². The Morgan fingerprint density at radius 3 is 2.03 bits per heavy atom. The molecular formula is C25H19N2O4-. The Morgan fingerprint density at radius 2 is 1.42 bits per heavy atom. The van der Waals surface area contributed by atoms with Crippen molar-refractivity contribution < 1.29 is 14.8 Å². The minimum absolute atomic E-state index is 0.112. The SMILES string of the molecule is CC12c3ccccc3C(c3ccccc31)[C@H]1C(=O)N(c3ccccc3N([O-])O)C(=O)[C@H]12. The number of rotatable bonds is 2. The van der Waals surface area contributed by atoms with Gasteiger partial charge in [0.2, 0.25) is 11.8 Å². The molecule has 1 heterocycles. The lowest BCUT2D eigenvalue weighted by molar-refractivity contribution is -0.123. The maximum absolute atomic E-state index is 13.8. The average Bonchev–Trinajstić information content (AvgIpc) is 3.05. The third kappa shape index (κ3) is 2.08. The fraction of sp³-hybridized carbons (Fsp3) is 0.200. The van der Waals surface area contributed by atoms with Crippen molar-refractivity contribution in [1.82, 2.24) is 0 Å². The van der Waals surface area contributed by atoms with Crippen LogP contribution in [0, 0.1) is 17.0 Å². The number of carbonyl (C=O) groups excluding carboxylic acids is 2. The molecule has 1 N–H and O–H groups in total. The molecule has 3 aromatic rings. The van der Waals surface area contributed by atoms with E-state index in [9.17, 15) is 20.0 Å². The van der Waals surface area contributed by atoms with E-state index in [1.807, 2.05) is 43.3 Å². The number of amides is 2. The predicted octanol–water partition coefficient (Wildman–Crippen LogP) is 3.95. The summed E-state index contributed by atoms with van der Waals surface area (Å²) in [6.45, 7) is 2.05. The van der Waals surface area contributed by atoms with Crippen molar-refractivity contribution in [3.05, 3.63) is 100 Å². The molecule has 2 atom stereocenters. The largest absolute Gasteiger partial charge is 0.733 e. The van der Waals surface area contributed by atoms with E-state index in [2.05, 4.69) is 12.1 Å². The van der Waals surface area contributed by atoms with E-state index >= 15 is 0 Å². The lowest BCUT2D eigenvalue weighted by Crippen LogP contribution is -2.51. The number of imide groups is 1. The monoisotopic (exact) mass is 411 g/mol. The van der Waals surface area contributed by atoms with Gasteiger partial charge in [-0.1, -0.05) is 67.6 Å². The number of nitrogens with zero attached hydrogens (tertiary/aromatic N) is 2. The van der Waals surface area contributed by atoms with Gasteiger partial charge in [-0.05, 0) is 34.4 Å². The number of hydrogen-bond donors (Lipinski definition) is 1. The summed E-state index contributed by atoms with van der Waals surface area (Å²) in [4.78, 5) is 28.7. The molecular weight excluding hydrogens is 392 g/mol. The molecule has 1 aliphatic heterocycles. The Kier molecular flexibility index (Phi) is 3.56. The second-order valence-corrected chi connectivity index (χ2v) is 8.63. The van der Waals surface area contributed by atoms with Gasteiger partial charge >= 0.3 is 0 Å². The summed E-state index contributed by atoms with van der Waals surface area (Å²) in [7, 11) is 0. The highest BCUT2D eigenvalue weighted by Crippen LogP contribution is 2.64. The van der Waals surface area contributed by atoms with Gasteiger partial charge in [0.15, 0.2) is 0 Å². The van der Waals surface area contributed by atoms with E-state index in [1.54, 1.807) is 12.1 Å². The van der Waals surface area contributed by atoms with Crippen molar-refractivity contribution >= 4 is 23.2 Å². The van der Waals surface area contributed by atoms with Crippen LogP contribution in [0.3, 0.4) is 0 Å². The molecule has 0 aromatic heterocycles. The molecule has 1 fully saturated rings. The molecule has 6 heteroatoms. The highest BCUT2D eigenvalue weighted by Gasteiger charge is 2.66. The van der Waals surface area contributed by atoms with Crippen LogP contribution in [-0.4, -0.2) is 17.0 Å². The first kappa shape index (κ1) is 18.3. The first-order valence-electron chi connectivity index (χ1n) is 10.3. The third-order valence-electron chi connectivity index (χ3n) is 7.37. The van der Waals surface area contributed by atoms with E-state index in [1.165, 1.54) is 12.1 Å². The number of carbonyl (C=O) groups is 2. The van der Waals surface area contributed by atoms with Gasteiger partial charge in [-0.15, -0.1) is 0 Å². The van der Waals surface area contributed by atoms with Gasteiger partial charge < -0.3 is 10.4 Å². The Morgan fingerprint density at radius 1 is 0.871 bits per heavy atom. The van der Waals surface area contributed by atoms with Gasteiger partial charge in [-0.25, -0.2) is 4.90 Å². The van der Waals surface area contributed by atoms with Crippen LogP contribution in [0.2, 0.25) is 0 Å². The fourth-order valence-corrected chi connectivity index (χ4v) is 6.20. The Bertz CT molecular complexity index is 1220. The molecule has 0 unspecified atom stereocenters. The summed E-state index contributed by atoms with van der Waals surface area (Å²) in [5.41, 5.74) is 3.62. The standard InChI is InChI=1S/C25H19N2O4/c1-25-16-10-4-2-8-14(16)20(15-9-3-5-11-17(15)25)21-22(25)24(29)26(23(21)28)18-12-6-7-13-19(18)27(30)31/h2-13,20-22,30H,1H3/q-1/t20?,21-,22+,25?/m1/s1. The molecule has 1 saturated heterocycles. The third-order valence-corrected chi connectivity index (χ3v) is 7.37. The van der Waals surface area contributed by atoms with E-state index in [0.29, 0.717) is 0 Å². The van der Waals surface area contributed by atoms with Crippen molar-refractivity contribution in [3.63, 3.8) is 0 Å². The van der Waals surface area contributed by atoms with Gasteiger partial charge in [0.1, 0.15) is 0 Å². The highest BCUT2D eigenvalue weighted by atomic mass is 16.8. The van der Waals surface area contributed by atoms with Gasteiger partial charge in [0, 0.05) is 11.3 Å². The van der Waals surface area contributed by atoms with Crippen LogP contribution in [0.25, 0.3) is 0 Å². The Balaban J connectivity index is 1.61. The van der Waals surface area contributed by atoms with Crippen LogP contribution < -0.4 is 10.1 Å². The average molecular weight is 411 g/mol. The quantitative estimate of drug-likeness (QED) is 0.510. The zero-order chi connectivity index (χ0) is 21.5. The molecule has 154 valence electrons. The molecule has 4 aliphatic rings. The molecule has 3 aromatic carbocycles. The second-order valence-electron chi connectivity index (χ2n) is 8.63. The lowest BCUT2D eigenvalue weighted by atomic mass is 9.48. The first-order valence-corrected chi connectivity index (χ1v) is 10.3. The molecule has 0 saturated carbocycles. The molecule has 2 bridgehead atoms. The number of hydrogen-bond acceptors (Lipinski definition) is 5. The molecule has 31 heavy (non-hydrogen) atoms. The molecule has 6 nitrogen and oxygen atoms in total. The zero-order valence-electron chi connectivity index (χ0n) is 16.7. The first-order chi connectivity index (χ1) is 15.0. The van der Waals surface area contributed by atoms with E-state index < -0.39 is 17.3 Å². The molecule has 2 amide bonds. The Hall–Kier alpha value is -3.48. The molecule has 3 aliphatic carbocycles. The van der Waals surface area contributed by atoms with Crippen molar-refractivity contribution in [2.75, 3.05) is 10.1 Å². The normalized spacial score (nSPS) is 27.7. The number of anilines is 2. The smallest absolute Gasteiger partial charge is 0.239 e. The Labute approximate surface area is 178 Å². The van der Waals surface area contributed by atoms with Crippen LogP contribution >= 0.6 is 0 Å². The van der Waals surface area contributed by atoms with Crippen LogP contribution in [0.1, 0.15) is 35.1 Å². The fourth-order valence-electron chi connectivity index (χ4n) is 6.20. The predicted molar refractivity (Wildman–Crippen MR) is 115 cm³/mol. The summed E-state index contributed by atoms with van der Waals surface area (Å²) in [5.74, 6) is -2.04. The number of para-hydroxylation sites is 2. The van der Waals surface area contributed by atoms with Crippen LogP contribution in [0.15, 0.2) is 72.8 Å². The van der Waals surface area contributed by atoms with Crippen molar-refractivity contribution in [1.29, 1.82) is 0 Å². The minimum atomic E-state index is -0.667. The van der Waals surface area contributed by atoms with Gasteiger partial charge in [0.25, 0.3) is 0 Å². The highest BCUT2D eigenvalue weighted by molar-refractivity contribution is 6.25. The van der Waals surface area contributed by atoms with E-state index in [-0.39, 0.29) is 34.3 Å². The van der Waals surface area contributed by atoms with Crippen molar-refractivity contribution in [2.45, 2.75) is 18.3 Å². The maximum Gasteiger partial charge on any atom is 0.239 e. The van der Waals surface area contributed by atoms with Crippen molar-refractivity contribution in [3.8, 4) is 0 Å². The van der Waals surface area contributed by atoms with Gasteiger partial charge in [0.05, 0.1) is 23.2 Å². The summed E-state index contributed by atoms with van der Waals surface area (Å²) in [5, 5.41) is 21.0. The van der Waals surface area contributed by atoms with Gasteiger partial charge in [-0.3, -0.25) is 14.8 Å². The molecule has 7 rings (SSSR count). The van der Waals surface area contributed by atoms with E-state index in [4.69, 9.17) is 0 Å². The maximum atomic E-state index is 13.8.